The van der Waals surface area contributed by atoms with E-state index < -0.39 is 6.10 Å². The molecule has 0 aromatic heterocycles. The molecule has 2 aromatic rings. The number of nitrogens with zero attached hydrogens (tertiary/aromatic N) is 2. The molecule has 2 aromatic carbocycles. The van der Waals surface area contributed by atoms with Gasteiger partial charge in [0.25, 0.3) is 0 Å². The van der Waals surface area contributed by atoms with E-state index in [1.807, 2.05) is 50.2 Å². The van der Waals surface area contributed by atoms with Crippen LogP contribution in [0.4, 0.5) is 5.69 Å². The Morgan fingerprint density at radius 1 is 1.29 bits per heavy atom. The van der Waals surface area contributed by atoms with E-state index in [1.165, 1.54) is 0 Å². The van der Waals surface area contributed by atoms with Gasteiger partial charge in [-0.25, -0.2) is 5.43 Å². The minimum absolute atomic E-state index is 0.0527. The van der Waals surface area contributed by atoms with E-state index in [-0.39, 0.29) is 24.0 Å². The second-order valence-corrected chi connectivity index (χ2v) is 9.36. The molecule has 1 heterocycles. The third-order valence-electron chi connectivity index (χ3n) is 5.77. The average molecular weight is 464 g/mol. The zero-order chi connectivity index (χ0) is 24.7. The fourth-order valence-electron chi connectivity index (χ4n) is 3.69. The molecule has 3 rings (SSSR count). The molecule has 2 unspecified atom stereocenters. The van der Waals surface area contributed by atoms with Gasteiger partial charge in [-0.1, -0.05) is 31.2 Å². The Morgan fingerprint density at radius 3 is 2.71 bits per heavy atom. The van der Waals surface area contributed by atoms with E-state index >= 15 is 0 Å². The standard InChI is InChI=1S/C26H33N5O3/c1-17-6-5-7-23(22(17)13-27)34-15-21(32)14-29-26(3,4)16-28-20-10-8-19(9-11-20)25-18(2)12-24(33)30-31-25/h5-11,18,21,28-29,32H,12,14-16H2,1-4H3,(H,30,33). The number of hydrogen-bond acceptors (Lipinski definition) is 7. The molecule has 0 aliphatic carbocycles. The molecule has 0 fully saturated rings. The number of hydrazone groups is 1. The van der Waals surface area contributed by atoms with Crippen molar-refractivity contribution in [2.45, 2.75) is 45.8 Å². The van der Waals surface area contributed by atoms with Crippen LogP contribution in [-0.2, 0) is 4.79 Å². The molecule has 0 saturated carbocycles. The van der Waals surface area contributed by atoms with Gasteiger partial charge in [-0.3, -0.25) is 4.79 Å². The Kier molecular flexibility index (Phi) is 8.26. The molecule has 2 atom stereocenters. The fraction of sp³-hybridized carbons (Fsp3) is 0.423. The molecule has 180 valence electrons. The topological polar surface area (TPSA) is 119 Å². The number of carbonyl (C=O) groups excluding carboxylic acids is 1. The predicted octanol–water partition coefficient (Wildman–Crippen LogP) is 2.95. The number of aliphatic hydroxyl groups is 1. The van der Waals surface area contributed by atoms with Gasteiger partial charge in [-0.15, -0.1) is 0 Å². The summed E-state index contributed by atoms with van der Waals surface area (Å²) in [6.07, 6.45) is -0.274. The van der Waals surface area contributed by atoms with Crippen molar-refractivity contribution in [2.75, 3.05) is 25.0 Å². The number of aliphatic hydroxyl groups excluding tert-OH is 1. The van der Waals surface area contributed by atoms with Crippen LogP contribution < -0.4 is 20.8 Å². The summed E-state index contributed by atoms with van der Waals surface area (Å²) in [6, 6.07) is 15.6. The molecule has 8 nitrogen and oxygen atoms in total. The van der Waals surface area contributed by atoms with E-state index in [1.54, 1.807) is 6.07 Å². The van der Waals surface area contributed by atoms with Gasteiger partial charge in [0.05, 0.1) is 11.3 Å². The SMILES string of the molecule is Cc1cccc(OCC(O)CNC(C)(C)CNc2ccc(C3=NNC(=O)CC3C)cc2)c1C#N. The van der Waals surface area contributed by atoms with Gasteiger partial charge in [0, 0.05) is 36.7 Å². The summed E-state index contributed by atoms with van der Waals surface area (Å²) in [7, 11) is 0. The molecule has 8 heteroatoms. The number of anilines is 1. The average Bonchev–Trinajstić information content (AvgIpc) is 2.81. The first-order chi connectivity index (χ1) is 16.2. The van der Waals surface area contributed by atoms with E-state index in [0.717, 1.165) is 22.5 Å². The molecule has 0 bridgehead atoms. The second-order valence-electron chi connectivity index (χ2n) is 9.36. The molecule has 0 radical (unpaired) electrons. The van der Waals surface area contributed by atoms with Crippen LogP contribution in [0.5, 0.6) is 5.75 Å². The maximum absolute atomic E-state index is 11.5. The van der Waals surface area contributed by atoms with E-state index in [9.17, 15) is 15.2 Å². The van der Waals surface area contributed by atoms with Crippen molar-refractivity contribution in [3.8, 4) is 11.8 Å². The highest BCUT2D eigenvalue weighted by atomic mass is 16.5. The smallest absolute Gasteiger partial charge is 0.240 e. The molecule has 1 aliphatic rings. The lowest BCUT2D eigenvalue weighted by molar-refractivity contribution is -0.121. The lowest BCUT2D eigenvalue weighted by Crippen LogP contribution is -2.49. The first-order valence-electron chi connectivity index (χ1n) is 11.4. The molecule has 0 saturated heterocycles. The van der Waals surface area contributed by atoms with Crippen molar-refractivity contribution < 1.29 is 14.6 Å². The maximum Gasteiger partial charge on any atom is 0.240 e. The second kappa shape index (κ2) is 11.1. The Morgan fingerprint density at radius 2 is 2.03 bits per heavy atom. The number of ether oxygens (including phenoxy) is 1. The van der Waals surface area contributed by atoms with Crippen molar-refractivity contribution in [1.29, 1.82) is 5.26 Å². The molecular formula is C26H33N5O3. The number of β-amino-alcohol motifs (C(OH)–C–C–N with tert-alkyl or cyclic N) is 1. The molecule has 4 N–H and O–H groups in total. The molecular weight excluding hydrogens is 430 g/mol. The number of hydrogen-bond donors (Lipinski definition) is 4. The third-order valence-corrected chi connectivity index (χ3v) is 5.77. The van der Waals surface area contributed by atoms with Crippen molar-refractivity contribution in [3.05, 3.63) is 59.2 Å². The highest BCUT2D eigenvalue weighted by Crippen LogP contribution is 2.21. The third kappa shape index (κ3) is 6.80. The number of rotatable bonds is 10. The monoisotopic (exact) mass is 463 g/mol. The number of aryl methyl sites for hydroxylation is 1. The highest BCUT2D eigenvalue weighted by Gasteiger charge is 2.22. The Balaban J connectivity index is 1.46. The Labute approximate surface area is 201 Å². The number of amides is 1. The Bertz CT molecular complexity index is 1070. The van der Waals surface area contributed by atoms with E-state index in [4.69, 9.17) is 4.74 Å². The zero-order valence-corrected chi connectivity index (χ0v) is 20.2. The van der Waals surface area contributed by atoms with Crippen LogP contribution in [0, 0.1) is 24.2 Å². The fourth-order valence-corrected chi connectivity index (χ4v) is 3.69. The van der Waals surface area contributed by atoms with Gasteiger partial charge in [0.1, 0.15) is 24.5 Å². The van der Waals surface area contributed by atoms with Crippen molar-refractivity contribution >= 4 is 17.3 Å². The highest BCUT2D eigenvalue weighted by molar-refractivity contribution is 6.05. The molecule has 34 heavy (non-hydrogen) atoms. The van der Waals surface area contributed by atoms with Crippen LogP contribution >= 0.6 is 0 Å². The summed E-state index contributed by atoms with van der Waals surface area (Å²) in [5, 5.41) is 30.6. The lowest BCUT2D eigenvalue weighted by atomic mass is 9.94. The van der Waals surface area contributed by atoms with Gasteiger partial charge in [-0.2, -0.15) is 10.4 Å². The predicted molar refractivity (Wildman–Crippen MR) is 133 cm³/mol. The largest absolute Gasteiger partial charge is 0.489 e. The summed E-state index contributed by atoms with van der Waals surface area (Å²) < 4.78 is 5.68. The van der Waals surface area contributed by atoms with Crippen LogP contribution in [0.3, 0.4) is 0 Å². The Hall–Kier alpha value is -3.41. The number of carbonyl (C=O) groups is 1. The first-order valence-corrected chi connectivity index (χ1v) is 11.4. The van der Waals surface area contributed by atoms with Crippen molar-refractivity contribution in [2.24, 2.45) is 11.0 Å². The number of benzene rings is 2. The van der Waals surface area contributed by atoms with Gasteiger partial charge in [-0.05, 0) is 50.1 Å². The normalized spacial score (nSPS) is 16.8. The van der Waals surface area contributed by atoms with Gasteiger partial charge >= 0.3 is 0 Å². The van der Waals surface area contributed by atoms with Crippen LogP contribution in [0.1, 0.15) is 43.9 Å². The van der Waals surface area contributed by atoms with Crippen LogP contribution in [-0.4, -0.2) is 48.1 Å². The zero-order valence-electron chi connectivity index (χ0n) is 20.2. The summed E-state index contributed by atoms with van der Waals surface area (Å²) in [4.78, 5) is 11.5. The van der Waals surface area contributed by atoms with E-state index in [2.05, 4.69) is 41.1 Å². The first kappa shape index (κ1) is 25.2. The molecule has 0 spiro atoms. The minimum atomic E-state index is -0.718. The summed E-state index contributed by atoms with van der Waals surface area (Å²) in [5.74, 6) is 0.522. The van der Waals surface area contributed by atoms with Crippen molar-refractivity contribution in [1.82, 2.24) is 10.7 Å². The van der Waals surface area contributed by atoms with Crippen LogP contribution in [0.2, 0.25) is 0 Å². The maximum atomic E-state index is 11.5. The molecule has 1 amide bonds. The summed E-state index contributed by atoms with van der Waals surface area (Å²) in [5.41, 5.74) is 6.46. The number of nitrogens with one attached hydrogen (secondary N) is 3. The summed E-state index contributed by atoms with van der Waals surface area (Å²) >= 11 is 0. The lowest BCUT2D eigenvalue weighted by Gasteiger charge is -2.28. The number of nitriles is 1. The quantitative estimate of drug-likeness (QED) is 0.430. The summed E-state index contributed by atoms with van der Waals surface area (Å²) in [6.45, 7) is 9.06. The van der Waals surface area contributed by atoms with Gasteiger partial charge in [0.2, 0.25) is 5.91 Å². The van der Waals surface area contributed by atoms with Crippen molar-refractivity contribution in [3.63, 3.8) is 0 Å². The van der Waals surface area contributed by atoms with Gasteiger partial charge in [0.15, 0.2) is 0 Å². The van der Waals surface area contributed by atoms with Crippen LogP contribution in [0.15, 0.2) is 47.6 Å². The van der Waals surface area contributed by atoms with Gasteiger partial charge < -0.3 is 20.5 Å². The van der Waals surface area contributed by atoms with E-state index in [0.29, 0.717) is 30.8 Å². The minimum Gasteiger partial charge on any atom is -0.489 e. The molecule has 1 aliphatic heterocycles. The van der Waals surface area contributed by atoms with Crippen LogP contribution in [0.25, 0.3) is 0 Å².